The first kappa shape index (κ1) is 17.3. The zero-order chi connectivity index (χ0) is 17.6. The summed E-state index contributed by atoms with van der Waals surface area (Å²) < 4.78 is 28.6. The summed E-state index contributed by atoms with van der Waals surface area (Å²) in [4.78, 5) is 13.2. The molecule has 2 aromatic heterocycles. The van der Waals surface area contributed by atoms with Gasteiger partial charge in [0.05, 0.1) is 6.20 Å². The van der Waals surface area contributed by atoms with Gasteiger partial charge in [0.15, 0.2) is 0 Å². The van der Waals surface area contributed by atoms with Crippen LogP contribution in [0.4, 0.5) is 20.4 Å². The monoisotopic (exact) mass is 349 g/mol. The van der Waals surface area contributed by atoms with Gasteiger partial charge in [0.1, 0.15) is 17.4 Å². The van der Waals surface area contributed by atoms with Crippen LogP contribution in [-0.2, 0) is 6.54 Å². The van der Waals surface area contributed by atoms with Crippen molar-refractivity contribution < 1.29 is 13.5 Å². The second kappa shape index (κ2) is 8.06. The number of hydrogen-bond donors (Lipinski definition) is 1. The number of anilines is 2. The Kier molecular flexibility index (Phi) is 5.60. The van der Waals surface area contributed by atoms with Crippen LogP contribution in [0.1, 0.15) is 5.56 Å². The third-order valence-electron chi connectivity index (χ3n) is 4.09. The van der Waals surface area contributed by atoms with E-state index in [0.717, 1.165) is 37.6 Å². The number of ether oxygens (including phenoxy) is 1. The number of piperazine rings is 1. The maximum absolute atomic E-state index is 12.2. The number of pyridine rings is 2. The summed E-state index contributed by atoms with van der Waals surface area (Å²) in [6.45, 7) is 1.61. The Bertz CT molecular complexity index is 675. The molecule has 0 unspecified atom stereocenters. The number of nitrogens with zero attached hydrogens (tertiary/aromatic N) is 4. The number of aromatic nitrogens is 2. The van der Waals surface area contributed by atoms with Crippen LogP contribution in [0.15, 0.2) is 36.7 Å². The van der Waals surface area contributed by atoms with Gasteiger partial charge in [-0.15, -0.1) is 0 Å². The quantitative estimate of drug-likeness (QED) is 0.865. The normalized spacial score (nSPS) is 15.4. The average molecular weight is 349 g/mol. The number of halogens is 2. The SMILES string of the molecule is CN1CCN(c2ncccc2CNc2ccc(OC(F)F)cn2)CC1. The molecule has 3 rings (SSSR count). The summed E-state index contributed by atoms with van der Waals surface area (Å²) >= 11 is 0. The largest absolute Gasteiger partial charge is 0.433 e. The summed E-state index contributed by atoms with van der Waals surface area (Å²) in [5, 5.41) is 3.20. The van der Waals surface area contributed by atoms with Crippen molar-refractivity contribution in [3.8, 4) is 5.75 Å². The molecule has 25 heavy (non-hydrogen) atoms. The van der Waals surface area contributed by atoms with Crippen molar-refractivity contribution in [3.05, 3.63) is 42.2 Å². The van der Waals surface area contributed by atoms with Crippen molar-refractivity contribution in [1.29, 1.82) is 0 Å². The van der Waals surface area contributed by atoms with Gasteiger partial charge in [-0.2, -0.15) is 8.78 Å². The van der Waals surface area contributed by atoms with Crippen LogP contribution in [-0.4, -0.2) is 54.7 Å². The van der Waals surface area contributed by atoms with Crippen LogP contribution in [0.3, 0.4) is 0 Å². The molecule has 1 fully saturated rings. The van der Waals surface area contributed by atoms with Crippen molar-refractivity contribution in [3.63, 3.8) is 0 Å². The fourth-order valence-electron chi connectivity index (χ4n) is 2.71. The van der Waals surface area contributed by atoms with E-state index in [1.54, 1.807) is 12.3 Å². The van der Waals surface area contributed by atoms with Gasteiger partial charge < -0.3 is 19.9 Å². The minimum Gasteiger partial charge on any atom is -0.433 e. The number of rotatable bonds is 6. The third-order valence-corrected chi connectivity index (χ3v) is 4.09. The van der Waals surface area contributed by atoms with Crippen molar-refractivity contribution in [2.24, 2.45) is 0 Å². The van der Waals surface area contributed by atoms with Gasteiger partial charge >= 0.3 is 6.61 Å². The molecule has 1 saturated heterocycles. The Morgan fingerprint density at radius 2 is 1.96 bits per heavy atom. The van der Waals surface area contributed by atoms with E-state index in [2.05, 4.69) is 36.9 Å². The Labute approximate surface area is 145 Å². The lowest BCUT2D eigenvalue weighted by Crippen LogP contribution is -2.45. The molecule has 1 N–H and O–H groups in total. The van der Waals surface area contributed by atoms with Crippen LogP contribution >= 0.6 is 0 Å². The molecule has 0 bridgehead atoms. The smallest absolute Gasteiger partial charge is 0.387 e. The number of likely N-dealkylation sites (N-methyl/N-ethyl adjacent to an activating group) is 1. The van der Waals surface area contributed by atoms with Gasteiger partial charge in [-0.25, -0.2) is 9.97 Å². The van der Waals surface area contributed by atoms with E-state index in [4.69, 9.17) is 0 Å². The molecular weight excluding hydrogens is 328 g/mol. The Morgan fingerprint density at radius 1 is 1.16 bits per heavy atom. The molecule has 3 heterocycles. The Hall–Kier alpha value is -2.48. The summed E-state index contributed by atoms with van der Waals surface area (Å²) in [5.74, 6) is 1.61. The Balaban J connectivity index is 1.63. The third kappa shape index (κ3) is 4.76. The molecule has 0 aromatic carbocycles. The van der Waals surface area contributed by atoms with E-state index in [0.29, 0.717) is 12.4 Å². The minimum absolute atomic E-state index is 0.0417. The van der Waals surface area contributed by atoms with E-state index < -0.39 is 6.61 Å². The van der Waals surface area contributed by atoms with Crippen LogP contribution < -0.4 is 15.0 Å². The molecule has 2 aromatic rings. The topological polar surface area (TPSA) is 53.5 Å². The van der Waals surface area contributed by atoms with Gasteiger partial charge in [-0.1, -0.05) is 6.07 Å². The van der Waals surface area contributed by atoms with Crippen LogP contribution in [0.2, 0.25) is 0 Å². The van der Waals surface area contributed by atoms with Crippen molar-refractivity contribution >= 4 is 11.6 Å². The van der Waals surface area contributed by atoms with E-state index in [9.17, 15) is 8.78 Å². The van der Waals surface area contributed by atoms with E-state index in [1.165, 1.54) is 12.3 Å². The van der Waals surface area contributed by atoms with Crippen LogP contribution in [0.25, 0.3) is 0 Å². The Morgan fingerprint density at radius 3 is 2.64 bits per heavy atom. The highest BCUT2D eigenvalue weighted by molar-refractivity contribution is 5.49. The fraction of sp³-hybridized carbons (Fsp3) is 0.412. The van der Waals surface area contributed by atoms with Gasteiger partial charge in [0.25, 0.3) is 0 Å². The summed E-state index contributed by atoms with van der Waals surface area (Å²) in [6.07, 6.45) is 3.07. The second-order valence-corrected chi connectivity index (χ2v) is 5.89. The number of nitrogens with one attached hydrogen (secondary N) is 1. The van der Waals surface area contributed by atoms with E-state index in [-0.39, 0.29) is 5.75 Å². The lowest BCUT2D eigenvalue weighted by Gasteiger charge is -2.34. The molecule has 6 nitrogen and oxygen atoms in total. The molecule has 1 aliphatic rings. The first-order chi connectivity index (χ1) is 12.1. The molecule has 0 aliphatic carbocycles. The molecule has 134 valence electrons. The first-order valence-electron chi connectivity index (χ1n) is 8.14. The van der Waals surface area contributed by atoms with Crippen molar-refractivity contribution in [2.45, 2.75) is 13.2 Å². The standard InChI is InChI=1S/C17H21F2N5O/c1-23-7-9-24(10-8-23)16-13(3-2-6-20-16)11-21-15-5-4-14(12-22-15)25-17(18)19/h2-6,12,17H,7-11H2,1H3,(H,21,22). The molecule has 8 heteroatoms. The number of hydrogen-bond acceptors (Lipinski definition) is 6. The molecule has 0 spiro atoms. The predicted octanol–water partition coefficient (Wildman–Crippen LogP) is 2.44. The summed E-state index contributed by atoms with van der Waals surface area (Å²) in [6, 6.07) is 7.02. The molecule has 0 radical (unpaired) electrons. The first-order valence-corrected chi connectivity index (χ1v) is 8.14. The molecule has 0 amide bonds. The van der Waals surface area contributed by atoms with Crippen molar-refractivity contribution in [1.82, 2.24) is 14.9 Å². The fourth-order valence-corrected chi connectivity index (χ4v) is 2.71. The zero-order valence-corrected chi connectivity index (χ0v) is 14.0. The predicted molar refractivity (Wildman–Crippen MR) is 92.1 cm³/mol. The molecule has 0 saturated carbocycles. The van der Waals surface area contributed by atoms with Crippen LogP contribution in [0, 0.1) is 0 Å². The average Bonchev–Trinajstić information content (AvgIpc) is 2.62. The summed E-state index contributed by atoms with van der Waals surface area (Å²) in [7, 11) is 2.12. The lowest BCUT2D eigenvalue weighted by atomic mass is 10.2. The maximum atomic E-state index is 12.2. The van der Waals surface area contributed by atoms with Crippen molar-refractivity contribution in [2.75, 3.05) is 43.4 Å². The maximum Gasteiger partial charge on any atom is 0.387 e. The molecule has 0 atom stereocenters. The highest BCUT2D eigenvalue weighted by atomic mass is 19.3. The summed E-state index contributed by atoms with van der Waals surface area (Å²) in [5.41, 5.74) is 1.07. The zero-order valence-electron chi connectivity index (χ0n) is 14.0. The second-order valence-electron chi connectivity index (χ2n) is 5.89. The number of alkyl halides is 2. The minimum atomic E-state index is -2.85. The highest BCUT2D eigenvalue weighted by Gasteiger charge is 2.17. The van der Waals surface area contributed by atoms with E-state index >= 15 is 0 Å². The molecule has 1 aliphatic heterocycles. The van der Waals surface area contributed by atoms with E-state index in [1.807, 2.05) is 12.1 Å². The van der Waals surface area contributed by atoms with Gasteiger partial charge in [0, 0.05) is 44.5 Å². The molecular formula is C17H21F2N5O. The van der Waals surface area contributed by atoms with Gasteiger partial charge in [-0.05, 0) is 25.2 Å². The highest BCUT2D eigenvalue weighted by Crippen LogP contribution is 2.20. The van der Waals surface area contributed by atoms with Crippen LogP contribution in [0.5, 0.6) is 5.75 Å². The van der Waals surface area contributed by atoms with Gasteiger partial charge in [-0.3, -0.25) is 0 Å². The lowest BCUT2D eigenvalue weighted by molar-refractivity contribution is -0.0500. The van der Waals surface area contributed by atoms with Gasteiger partial charge in [0.2, 0.25) is 0 Å².